The van der Waals surface area contributed by atoms with Gasteiger partial charge in [0, 0.05) is 12.1 Å². The molecule has 1 heterocycles. The second-order valence-corrected chi connectivity index (χ2v) is 6.67. The van der Waals surface area contributed by atoms with Crippen molar-refractivity contribution < 1.29 is 14.3 Å². The zero-order valence-electron chi connectivity index (χ0n) is 16.5. The third-order valence-electron chi connectivity index (χ3n) is 4.79. The number of hydrogen-bond acceptors (Lipinski definition) is 4. The molecule has 0 saturated carbocycles. The van der Waals surface area contributed by atoms with Crippen molar-refractivity contribution in [2.75, 3.05) is 13.2 Å². The first-order valence-electron chi connectivity index (χ1n) is 9.51. The maximum absolute atomic E-state index is 13.1. The number of ether oxygens (including phenoxy) is 1. The van der Waals surface area contributed by atoms with Crippen LogP contribution in [0.3, 0.4) is 0 Å². The summed E-state index contributed by atoms with van der Waals surface area (Å²) in [5, 5.41) is 9.49. The van der Waals surface area contributed by atoms with Gasteiger partial charge in [0.2, 0.25) is 0 Å². The number of nitriles is 1. The Morgan fingerprint density at radius 3 is 2.34 bits per heavy atom. The first-order valence-corrected chi connectivity index (χ1v) is 9.51. The van der Waals surface area contributed by atoms with Crippen LogP contribution in [0.4, 0.5) is 0 Å². The number of hydrogen-bond donors (Lipinski definition) is 0. The Morgan fingerprint density at radius 1 is 1.03 bits per heavy atom. The van der Waals surface area contributed by atoms with Crippen LogP contribution in [0, 0.1) is 11.3 Å². The predicted molar refractivity (Wildman–Crippen MR) is 111 cm³/mol. The number of rotatable bonds is 6. The van der Waals surface area contributed by atoms with Crippen molar-refractivity contribution in [3.8, 4) is 11.8 Å². The summed E-state index contributed by atoms with van der Waals surface area (Å²) in [6.07, 6.45) is 2.25. The van der Waals surface area contributed by atoms with Gasteiger partial charge in [0.25, 0.3) is 11.8 Å². The van der Waals surface area contributed by atoms with Crippen LogP contribution in [0.2, 0.25) is 0 Å². The van der Waals surface area contributed by atoms with Crippen molar-refractivity contribution >= 4 is 17.9 Å². The fourth-order valence-corrected chi connectivity index (χ4v) is 3.21. The standard InChI is InChI=1S/C24H22N2O3/c1-3-29-20-11-9-19(10-12-20)15-21-17(2)22(16-25)24(28)26(23(21)27)14-13-18-7-5-4-6-8-18/h4-12,15H,3,13-14H2,1-2H3/b21-15+. The van der Waals surface area contributed by atoms with Crippen LogP contribution in [0.1, 0.15) is 25.0 Å². The van der Waals surface area contributed by atoms with Crippen molar-refractivity contribution in [2.45, 2.75) is 20.3 Å². The van der Waals surface area contributed by atoms with Crippen LogP contribution < -0.4 is 4.74 Å². The molecule has 0 atom stereocenters. The molecule has 0 fully saturated rings. The van der Waals surface area contributed by atoms with Gasteiger partial charge >= 0.3 is 0 Å². The minimum atomic E-state index is -0.533. The highest BCUT2D eigenvalue weighted by Gasteiger charge is 2.35. The van der Waals surface area contributed by atoms with E-state index in [2.05, 4.69) is 0 Å². The van der Waals surface area contributed by atoms with Crippen molar-refractivity contribution in [2.24, 2.45) is 0 Å². The van der Waals surface area contributed by atoms with Gasteiger partial charge in [-0.05, 0) is 55.2 Å². The molecule has 0 radical (unpaired) electrons. The van der Waals surface area contributed by atoms with E-state index in [-0.39, 0.29) is 18.0 Å². The molecule has 1 aliphatic heterocycles. The number of imide groups is 1. The average molecular weight is 386 g/mol. The van der Waals surface area contributed by atoms with Crippen molar-refractivity contribution in [1.82, 2.24) is 4.90 Å². The molecule has 2 aromatic carbocycles. The van der Waals surface area contributed by atoms with Crippen LogP contribution in [-0.2, 0) is 16.0 Å². The van der Waals surface area contributed by atoms with E-state index in [1.165, 1.54) is 4.90 Å². The van der Waals surface area contributed by atoms with Gasteiger partial charge in [-0.15, -0.1) is 0 Å². The highest BCUT2D eigenvalue weighted by atomic mass is 16.5. The first-order chi connectivity index (χ1) is 14.0. The minimum Gasteiger partial charge on any atom is -0.494 e. The largest absolute Gasteiger partial charge is 0.494 e. The zero-order chi connectivity index (χ0) is 20.8. The lowest BCUT2D eigenvalue weighted by Gasteiger charge is -2.27. The summed E-state index contributed by atoms with van der Waals surface area (Å²) in [6, 6.07) is 18.9. The lowest BCUT2D eigenvalue weighted by atomic mass is 9.93. The SMILES string of the molecule is CCOc1ccc(/C=C2/C(=O)N(CCc3ccccc3)C(=O)C(C#N)=C2C)cc1. The molecule has 2 aromatic rings. The summed E-state index contributed by atoms with van der Waals surface area (Å²) in [4.78, 5) is 26.9. The maximum Gasteiger partial charge on any atom is 0.271 e. The van der Waals surface area contributed by atoms with Gasteiger partial charge in [0.05, 0.1) is 6.61 Å². The van der Waals surface area contributed by atoms with Gasteiger partial charge in [0.15, 0.2) is 0 Å². The van der Waals surface area contributed by atoms with Gasteiger partial charge in [-0.25, -0.2) is 0 Å². The monoisotopic (exact) mass is 386 g/mol. The molecule has 0 bridgehead atoms. The lowest BCUT2D eigenvalue weighted by Crippen LogP contribution is -2.43. The Labute approximate surface area is 170 Å². The smallest absolute Gasteiger partial charge is 0.271 e. The molecule has 5 nitrogen and oxygen atoms in total. The Bertz CT molecular complexity index is 1010. The van der Waals surface area contributed by atoms with E-state index in [4.69, 9.17) is 4.74 Å². The van der Waals surface area contributed by atoms with Gasteiger partial charge in [-0.1, -0.05) is 42.5 Å². The number of amides is 2. The van der Waals surface area contributed by atoms with Crippen LogP contribution in [0.25, 0.3) is 6.08 Å². The van der Waals surface area contributed by atoms with E-state index in [0.717, 1.165) is 16.9 Å². The highest BCUT2D eigenvalue weighted by molar-refractivity contribution is 6.19. The van der Waals surface area contributed by atoms with Crippen molar-refractivity contribution in [1.29, 1.82) is 5.26 Å². The number of carbonyl (C=O) groups excluding carboxylic acids is 2. The molecule has 0 N–H and O–H groups in total. The second-order valence-electron chi connectivity index (χ2n) is 6.67. The topological polar surface area (TPSA) is 70.4 Å². The summed E-state index contributed by atoms with van der Waals surface area (Å²) in [5.74, 6) is -0.166. The minimum absolute atomic E-state index is 0.00912. The van der Waals surface area contributed by atoms with Crippen LogP contribution in [0.15, 0.2) is 71.3 Å². The Balaban J connectivity index is 1.91. The Hall–Kier alpha value is -3.65. The third kappa shape index (κ3) is 4.44. The Kier molecular flexibility index (Phi) is 6.25. The molecule has 29 heavy (non-hydrogen) atoms. The predicted octanol–water partition coefficient (Wildman–Crippen LogP) is 3.92. The molecule has 0 aromatic heterocycles. The molecule has 3 rings (SSSR count). The van der Waals surface area contributed by atoms with Crippen LogP contribution in [0.5, 0.6) is 5.75 Å². The molecule has 0 spiro atoms. The van der Waals surface area contributed by atoms with E-state index in [9.17, 15) is 14.9 Å². The van der Waals surface area contributed by atoms with E-state index < -0.39 is 5.91 Å². The van der Waals surface area contributed by atoms with E-state index in [0.29, 0.717) is 24.2 Å². The average Bonchev–Trinajstić information content (AvgIpc) is 2.73. The fraction of sp³-hybridized carbons (Fsp3) is 0.208. The van der Waals surface area contributed by atoms with E-state index in [1.54, 1.807) is 13.0 Å². The fourth-order valence-electron chi connectivity index (χ4n) is 3.21. The summed E-state index contributed by atoms with van der Waals surface area (Å²) in [5.41, 5.74) is 2.60. The summed E-state index contributed by atoms with van der Waals surface area (Å²) in [6.45, 7) is 4.35. The number of nitrogens with zero attached hydrogens (tertiary/aromatic N) is 2. The summed E-state index contributed by atoms with van der Waals surface area (Å²) in [7, 11) is 0. The molecule has 0 aliphatic carbocycles. The lowest BCUT2D eigenvalue weighted by molar-refractivity contribution is -0.140. The van der Waals surface area contributed by atoms with Crippen molar-refractivity contribution in [3.63, 3.8) is 0 Å². The normalized spacial score (nSPS) is 15.6. The molecule has 0 saturated heterocycles. The Morgan fingerprint density at radius 2 is 1.72 bits per heavy atom. The molecule has 1 aliphatic rings. The second kappa shape index (κ2) is 9.03. The molecular formula is C24H22N2O3. The highest BCUT2D eigenvalue weighted by Crippen LogP contribution is 2.27. The van der Waals surface area contributed by atoms with Crippen LogP contribution >= 0.6 is 0 Å². The first kappa shape index (κ1) is 20.1. The van der Waals surface area contributed by atoms with Gasteiger partial charge in [-0.3, -0.25) is 14.5 Å². The van der Waals surface area contributed by atoms with Gasteiger partial charge in [0.1, 0.15) is 17.4 Å². The van der Waals surface area contributed by atoms with E-state index >= 15 is 0 Å². The molecular weight excluding hydrogens is 364 g/mol. The van der Waals surface area contributed by atoms with E-state index in [1.807, 2.05) is 67.6 Å². The summed E-state index contributed by atoms with van der Waals surface area (Å²) < 4.78 is 5.44. The third-order valence-corrected chi connectivity index (χ3v) is 4.79. The number of carbonyl (C=O) groups is 2. The van der Waals surface area contributed by atoms with Crippen molar-refractivity contribution in [3.05, 3.63) is 82.4 Å². The molecule has 2 amide bonds. The summed E-state index contributed by atoms with van der Waals surface area (Å²) >= 11 is 0. The van der Waals surface area contributed by atoms with Crippen LogP contribution in [-0.4, -0.2) is 29.9 Å². The quantitative estimate of drug-likeness (QED) is 0.557. The molecule has 0 unspecified atom stereocenters. The van der Waals surface area contributed by atoms with Gasteiger partial charge in [-0.2, -0.15) is 5.26 Å². The number of benzene rings is 2. The molecule has 146 valence electrons. The molecule has 5 heteroatoms. The maximum atomic E-state index is 13.1. The van der Waals surface area contributed by atoms with Gasteiger partial charge < -0.3 is 4.74 Å². The zero-order valence-corrected chi connectivity index (χ0v) is 16.5.